The number of hydrogen-bond acceptors (Lipinski definition) is 11. The second-order valence-corrected chi connectivity index (χ2v) is 14.2. The van der Waals surface area contributed by atoms with Crippen LogP contribution < -0.4 is 25.0 Å². The molecule has 14 heteroatoms. The number of nitrogens with zero attached hydrogens (tertiary/aromatic N) is 5. The number of methoxy groups -OCH3 is 2. The number of nitrogens with one attached hydrogen (secondary N) is 2. The molecule has 0 spiro atoms. The first kappa shape index (κ1) is 37.5. The van der Waals surface area contributed by atoms with Crippen molar-refractivity contribution in [3.63, 3.8) is 0 Å². The Morgan fingerprint density at radius 1 is 0.981 bits per heavy atom. The van der Waals surface area contributed by atoms with Gasteiger partial charge in [-0.2, -0.15) is 9.97 Å². The summed E-state index contributed by atoms with van der Waals surface area (Å²) in [5.41, 5.74) is 2.11. The fourth-order valence-electron chi connectivity index (χ4n) is 7.33. The van der Waals surface area contributed by atoms with Crippen LogP contribution in [-0.4, -0.2) is 105 Å². The maximum Gasteiger partial charge on any atom is 0.407 e. The molecule has 2 bridgehead atoms. The molecule has 3 unspecified atom stereocenters. The quantitative estimate of drug-likeness (QED) is 0.158. The van der Waals surface area contributed by atoms with Crippen molar-refractivity contribution in [2.45, 2.75) is 44.1 Å². The summed E-state index contributed by atoms with van der Waals surface area (Å²) >= 11 is 6.48. The van der Waals surface area contributed by atoms with Crippen LogP contribution in [-0.2, 0) is 16.1 Å². The van der Waals surface area contributed by atoms with Crippen LogP contribution >= 0.6 is 11.6 Å². The van der Waals surface area contributed by atoms with E-state index >= 15 is 4.39 Å². The highest BCUT2D eigenvalue weighted by Crippen LogP contribution is 2.38. The summed E-state index contributed by atoms with van der Waals surface area (Å²) in [4.78, 5) is 29.4. The van der Waals surface area contributed by atoms with Gasteiger partial charge in [-0.25, -0.2) is 9.18 Å². The van der Waals surface area contributed by atoms with Crippen molar-refractivity contribution in [3.8, 4) is 23.0 Å². The molecule has 0 aliphatic carbocycles. The zero-order valence-corrected chi connectivity index (χ0v) is 31.4. The molecule has 0 radical (unpaired) electrons. The first-order valence-corrected chi connectivity index (χ1v) is 18.6. The second-order valence-electron chi connectivity index (χ2n) is 13.8. The SMILES string of the molecule is COc1ccc(COCCNC(=O)OC2CCN(C)C2)cc1.COc1nc(N2CC3CCC(C2)N3)c2cnc(-c3cccc4cccc(Cl)c34)c(F)c2n1. The van der Waals surface area contributed by atoms with Crippen molar-refractivity contribution in [2.24, 2.45) is 0 Å². The van der Waals surface area contributed by atoms with Gasteiger partial charge in [-0.3, -0.25) is 4.98 Å². The van der Waals surface area contributed by atoms with Crippen molar-refractivity contribution in [3.05, 3.63) is 83.3 Å². The smallest absolute Gasteiger partial charge is 0.407 e. The molecule has 284 valence electrons. The van der Waals surface area contributed by atoms with Gasteiger partial charge in [0.1, 0.15) is 28.9 Å². The monoisotopic (exact) mass is 757 g/mol. The van der Waals surface area contributed by atoms with Gasteiger partial charge < -0.3 is 39.4 Å². The van der Waals surface area contributed by atoms with E-state index in [0.29, 0.717) is 53.6 Å². The molecule has 3 aromatic carbocycles. The van der Waals surface area contributed by atoms with Gasteiger partial charge in [-0.15, -0.1) is 0 Å². The number of rotatable bonds is 10. The number of anilines is 1. The zero-order valence-electron chi connectivity index (χ0n) is 30.7. The third-order valence-electron chi connectivity index (χ3n) is 10.0. The summed E-state index contributed by atoms with van der Waals surface area (Å²) in [6.45, 7) is 4.81. The lowest BCUT2D eigenvalue weighted by molar-refractivity contribution is 0.0919. The van der Waals surface area contributed by atoms with E-state index in [-0.39, 0.29) is 29.4 Å². The third kappa shape index (κ3) is 8.60. The number of halogens is 2. The second kappa shape index (κ2) is 17.1. The van der Waals surface area contributed by atoms with Crippen LogP contribution in [0, 0.1) is 5.82 Å². The van der Waals surface area contributed by atoms with Crippen molar-refractivity contribution in [1.82, 2.24) is 30.5 Å². The highest BCUT2D eigenvalue weighted by molar-refractivity contribution is 6.36. The molecular weight excluding hydrogens is 713 g/mol. The molecule has 3 saturated heterocycles. The van der Waals surface area contributed by atoms with Gasteiger partial charge in [-0.1, -0.05) is 54.1 Å². The number of amides is 1. The molecular formula is C40H45ClFN7O5. The Morgan fingerprint density at radius 3 is 2.44 bits per heavy atom. The van der Waals surface area contributed by atoms with Crippen LogP contribution in [0.25, 0.3) is 32.9 Å². The van der Waals surface area contributed by atoms with Gasteiger partial charge in [0.25, 0.3) is 0 Å². The number of likely N-dealkylation sites (tertiary alicyclic amines) is 1. The van der Waals surface area contributed by atoms with Crippen LogP contribution in [0.2, 0.25) is 5.02 Å². The predicted octanol–water partition coefficient (Wildman–Crippen LogP) is 6.23. The minimum Gasteiger partial charge on any atom is -0.497 e. The summed E-state index contributed by atoms with van der Waals surface area (Å²) in [6.07, 6.45) is 4.48. The standard InChI is InChI=1S/C24H21ClFN5O.C16H24N2O4/c1-32-24-29-22-17(23(30-24)31-11-14-8-9-15(12-31)28-14)10-27-21(20(22)26)16-6-2-4-13-5-3-7-18(25)19(13)16;1-18-9-7-15(11-18)22-16(19)17-8-10-21-12-13-3-5-14(20-2)6-4-13/h2-7,10,14-15,28H,8-9,11-12H2,1H3;3-6,15H,7-12H2,1-2H3,(H,17,19). The Kier molecular flexibility index (Phi) is 11.9. The fraction of sp³-hybridized carbons (Fsp3) is 0.400. The first-order valence-electron chi connectivity index (χ1n) is 18.2. The molecule has 0 saturated carbocycles. The van der Waals surface area contributed by atoms with Crippen molar-refractivity contribution in [2.75, 3.05) is 65.5 Å². The summed E-state index contributed by atoms with van der Waals surface area (Å²) < 4.78 is 37.2. The number of benzene rings is 3. The maximum absolute atomic E-state index is 16.0. The Bertz CT molecular complexity index is 2070. The molecule has 54 heavy (non-hydrogen) atoms. The van der Waals surface area contributed by atoms with Crippen LogP contribution in [0.3, 0.4) is 0 Å². The van der Waals surface area contributed by atoms with E-state index in [1.54, 1.807) is 19.4 Å². The van der Waals surface area contributed by atoms with E-state index in [9.17, 15) is 4.79 Å². The number of piperazine rings is 1. The van der Waals surface area contributed by atoms with Gasteiger partial charge in [0.15, 0.2) is 5.82 Å². The highest BCUT2D eigenvalue weighted by Gasteiger charge is 2.34. The van der Waals surface area contributed by atoms with Crippen LogP contribution in [0.4, 0.5) is 15.0 Å². The van der Waals surface area contributed by atoms with Crippen molar-refractivity contribution >= 4 is 45.2 Å². The van der Waals surface area contributed by atoms with Gasteiger partial charge in [0.05, 0.1) is 32.8 Å². The lowest BCUT2D eigenvalue weighted by Gasteiger charge is -2.34. The molecule has 5 heterocycles. The van der Waals surface area contributed by atoms with Gasteiger partial charge in [0.2, 0.25) is 0 Å². The number of aromatic nitrogens is 3. The molecule has 5 aromatic rings. The van der Waals surface area contributed by atoms with Crippen molar-refractivity contribution < 1.29 is 28.1 Å². The summed E-state index contributed by atoms with van der Waals surface area (Å²) in [6, 6.07) is 20.0. The minimum atomic E-state index is -0.505. The molecule has 3 aliphatic heterocycles. The van der Waals surface area contributed by atoms with Gasteiger partial charge >= 0.3 is 12.1 Å². The van der Waals surface area contributed by atoms with Gasteiger partial charge in [-0.05, 0) is 55.5 Å². The number of carbonyl (C=O) groups is 1. The molecule has 3 aliphatic rings. The number of hydrogen-bond donors (Lipinski definition) is 2. The Balaban J connectivity index is 0.000000180. The average molecular weight is 758 g/mol. The normalized spacial score (nSPS) is 19.4. The Hall–Kier alpha value is -4.82. The number of likely N-dealkylation sites (N-methyl/N-ethyl adjacent to an activating group) is 1. The first-order chi connectivity index (χ1) is 26.3. The summed E-state index contributed by atoms with van der Waals surface area (Å²) in [7, 11) is 5.16. The minimum absolute atomic E-state index is 0.00483. The summed E-state index contributed by atoms with van der Waals surface area (Å²) in [5.74, 6) is 0.986. The number of pyridine rings is 1. The number of ether oxygens (including phenoxy) is 4. The van der Waals surface area contributed by atoms with E-state index in [2.05, 4.69) is 35.4 Å². The van der Waals surface area contributed by atoms with E-state index in [1.165, 1.54) is 7.11 Å². The van der Waals surface area contributed by atoms with Gasteiger partial charge in [0, 0.05) is 67.0 Å². The Morgan fingerprint density at radius 2 is 1.74 bits per heavy atom. The zero-order chi connectivity index (χ0) is 37.6. The Labute approximate surface area is 318 Å². The molecule has 3 fully saturated rings. The highest BCUT2D eigenvalue weighted by atomic mass is 35.5. The fourth-order valence-corrected chi connectivity index (χ4v) is 7.61. The summed E-state index contributed by atoms with van der Waals surface area (Å²) in [5, 5.41) is 9.14. The van der Waals surface area contributed by atoms with Crippen LogP contribution in [0.5, 0.6) is 11.8 Å². The number of carbonyl (C=O) groups excluding carboxylic acids is 1. The maximum atomic E-state index is 16.0. The molecule has 1 amide bonds. The molecule has 3 atom stereocenters. The molecule has 8 rings (SSSR count). The average Bonchev–Trinajstić information content (AvgIpc) is 3.76. The lowest BCUT2D eigenvalue weighted by Crippen LogP contribution is -2.51. The molecule has 2 N–H and O–H groups in total. The van der Waals surface area contributed by atoms with E-state index < -0.39 is 5.82 Å². The largest absolute Gasteiger partial charge is 0.497 e. The van der Waals surface area contributed by atoms with Crippen LogP contribution in [0.15, 0.2) is 66.9 Å². The molecule has 2 aromatic heterocycles. The predicted molar refractivity (Wildman–Crippen MR) is 207 cm³/mol. The lowest BCUT2D eigenvalue weighted by atomic mass is 10.0. The van der Waals surface area contributed by atoms with Crippen molar-refractivity contribution in [1.29, 1.82) is 0 Å². The topological polar surface area (TPSA) is 123 Å². The van der Waals surface area contributed by atoms with E-state index in [1.807, 2.05) is 61.6 Å². The van der Waals surface area contributed by atoms with E-state index in [4.69, 9.17) is 30.5 Å². The third-order valence-corrected chi connectivity index (χ3v) is 10.3. The number of alkyl carbamates (subject to hydrolysis) is 1. The molecule has 12 nitrogen and oxygen atoms in total. The van der Waals surface area contributed by atoms with Crippen LogP contribution in [0.1, 0.15) is 24.8 Å². The van der Waals surface area contributed by atoms with E-state index in [0.717, 1.165) is 67.5 Å². The number of fused-ring (bicyclic) bond motifs is 4.